The van der Waals surface area contributed by atoms with Crippen molar-refractivity contribution < 1.29 is 22.8 Å². The lowest BCUT2D eigenvalue weighted by Gasteiger charge is -2.20. The third-order valence-corrected chi connectivity index (χ3v) is 3.08. The molecule has 0 aliphatic carbocycles. The van der Waals surface area contributed by atoms with Gasteiger partial charge in [0, 0.05) is 5.56 Å². The van der Waals surface area contributed by atoms with E-state index in [0.29, 0.717) is 11.1 Å². The van der Waals surface area contributed by atoms with Gasteiger partial charge in [-0.1, -0.05) is 30.3 Å². The summed E-state index contributed by atoms with van der Waals surface area (Å²) in [5.41, 5.74) is 0.255. The monoisotopic (exact) mass is 309 g/mol. The SMILES string of the molecule is CON(Cc1ccc(C(F)(F)F)cc1)C(=O)c1ccccc1. The zero-order chi connectivity index (χ0) is 16.2. The molecule has 6 heteroatoms. The highest BCUT2D eigenvalue weighted by atomic mass is 19.4. The van der Waals surface area contributed by atoms with Crippen LogP contribution in [0.5, 0.6) is 0 Å². The minimum atomic E-state index is -4.38. The van der Waals surface area contributed by atoms with Gasteiger partial charge in [-0.15, -0.1) is 0 Å². The standard InChI is InChI=1S/C16H14F3NO2/c1-22-20(15(21)13-5-3-2-4-6-13)11-12-7-9-14(10-8-12)16(17,18)19/h2-10H,11H2,1H3. The lowest BCUT2D eigenvalue weighted by Crippen LogP contribution is -2.29. The van der Waals surface area contributed by atoms with Gasteiger partial charge >= 0.3 is 6.18 Å². The van der Waals surface area contributed by atoms with E-state index in [1.54, 1.807) is 30.3 Å². The molecule has 0 saturated carbocycles. The molecule has 0 aromatic heterocycles. The fourth-order valence-corrected chi connectivity index (χ4v) is 1.91. The Kier molecular flexibility index (Phi) is 4.82. The van der Waals surface area contributed by atoms with Crippen molar-refractivity contribution in [2.45, 2.75) is 12.7 Å². The number of hydrogen-bond acceptors (Lipinski definition) is 2. The highest BCUT2D eigenvalue weighted by Crippen LogP contribution is 2.29. The number of hydrogen-bond donors (Lipinski definition) is 0. The Morgan fingerprint density at radius 3 is 2.14 bits per heavy atom. The molecule has 0 aliphatic heterocycles. The molecule has 0 heterocycles. The van der Waals surface area contributed by atoms with E-state index in [1.165, 1.54) is 19.2 Å². The molecule has 0 saturated heterocycles. The molecular formula is C16H14F3NO2. The molecule has 0 unspecified atom stereocenters. The van der Waals surface area contributed by atoms with E-state index < -0.39 is 11.7 Å². The smallest absolute Gasteiger partial charge is 0.274 e. The molecule has 2 rings (SSSR count). The molecule has 0 bridgehead atoms. The van der Waals surface area contributed by atoms with E-state index in [-0.39, 0.29) is 12.5 Å². The van der Waals surface area contributed by atoms with Gasteiger partial charge in [-0.2, -0.15) is 13.2 Å². The zero-order valence-electron chi connectivity index (χ0n) is 11.8. The van der Waals surface area contributed by atoms with Crippen LogP contribution >= 0.6 is 0 Å². The second-order valence-corrected chi connectivity index (χ2v) is 4.59. The van der Waals surface area contributed by atoms with Gasteiger partial charge in [0.15, 0.2) is 0 Å². The molecule has 2 aromatic carbocycles. The molecule has 0 fully saturated rings. The van der Waals surface area contributed by atoms with Gasteiger partial charge in [-0.3, -0.25) is 9.63 Å². The second kappa shape index (κ2) is 6.62. The Bertz CT molecular complexity index is 624. The summed E-state index contributed by atoms with van der Waals surface area (Å²) in [6.45, 7) is 0.0579. The third-order valence-electron chi connectivity index (χ3n) is 3.08. The van der Waals surface area contributed by atoms with Crippen molar-refractivity contribution in [3.63, 3.8) is 0 Å². The first kappa shape index (κ1) is 16.0. The Balaban J connectivity index is 2.12. The van der Waals surface area contributed by atoms with E-state index in [1.807, 2.05) is 0 Å². The van der Waals surface area contributed by atoms with E-state index in [0.717, 1.165) is 17.2 Å². The Labute approximate surface area is 125 Å². The number of rotatable bonds is 4. The summed E-state index contributed by atoms with van der Waals surface area (Å²) in [6, 6.07) is 13.1. The first-order valence-corrected chi connectivity index (χ1v) is 6.49. The quantitative estimate of drug-likeness (QED) is 0.801. The highest BCUT2D eigenvalue weighted by molar-refractivity contribution is 5.93. The number of carbonyl (C=O) groups excluding carboxylic acids is 1. The van der Waals surface area contributed by atoms with Crippen molar-refractivity contribution in [2.75, 3.05) is 7.11 Å². The molecule has 0 spiro atoms. The first-order chi connectivity index (χ1) is 10.4. The lowest BCUT2D eigenvalue weighted by atomic mass is 10.1. The van der Waals surface area contributed by atoms with Crippen LogP contribution in [-0.4, -0.2) is 18.1 Å². The van der Waals surface area contributed by atoms with Crippen LogP contribution in [0, 0.1) is 0 Å². The van der Waals surface area contributed by atoms with Crippen LogP contribution < -0.4 is 0 Å². The summed E-state index contributed by atoms with van der Waals surface area (Å²) < 4.78 is 37.5. The van der Waals surface area contributed by atoms with Gasteiger partial charge in [-0.25, -0.2) is 5.06 Å². The van der Waals surface area contributed by atoms with Crippen molar-refractivity contribution in [1.29, 1.82) is 0 Å². The number of halogens is 3. The van der Waals surface area contributed by atoms with Crippen LogP contribution in [0.15, 0.2) is 54.6 Å². The maximum atomic E-state index is 12.5. The van der Waals surface area contributed by atoms with Gasteiger partial charge in [-0.05, 0) is 29.8 Å². The van der Waals surface area contributed by atoms with Crippen LogP contribution in [0.25, 0.3) is 0 Å². The van der Waals surface area contributed by atoms with E-state index in [9.17, 15) is 18.0 Å². The molecule has 0 aliphatic rings. The van der Waals surface area contributed by atoms with Crippen molar-refractivity contribution in [2.24, 2.45) is 0 Å². The second-order valence-electron chi connectivity index (χ2n) is 4.59. The number of benzene rings is 2. The Hall–Kier alpha value is -2.34. The summed E-state index contributed by atoms with van der Waals surface area (Å²) in [5, 5.41) is 1.10. The number of amides is 1. The highest BCUT2D eigenvalue weighted by Gasteiger charge is 2.30. The molecule has 2 aromatic rings. The average Bonchev–Trinajstić information content (AvgIpc) is 2.52. The van der Waals surface area contributed by atoms with Gasteiger partial charge in [0.2, 0.25) is 0 Å². The summed E-state index contributed by atoms with van der Waals surface area (Å²) in [4.78, 5) is 17.3. The van der Waals surface area contributed by atoms with Gasteiger partial charge in [0.25, 0.3) is 5.91 Å². The fourth-order valence-electron chi connectivity index (χ4n) is 1.91. The minimum Gasteiger partial charge on any atom is -0.274 e. The molecule has 3 nitrogen and oxygen atoms in total. The van der Waals surface area contributed by atoms with Crippen molar-refractivity contribution in [3.8, 4) is 0 Å². The van der Waals surface area contributed by atoms with Crippen LogP contribution in [-0.2, 0) is 17.6 Å². The van der Waals surface area contributed by atoms with Crippen LogP contribution in [0.1, 0.15) is 21.5 Å². The summed E-state index contributed by atoms with van der Waals surface area (Å²) in [5.74, 6) is -0.358. The summed E-state index contributed by atoms with van der Waals surface area (Å²) >= 11 is 0. The third kappa shape index (κ3) is 3.85. The van der Waals surface area contributed by atoms with Crippen molar-refractivity contribution in [3.05, 3.63) is 71.3 Å². The number of hydroxylamine groups is 2. The van der Waals surface area contributed by atoms with E-state index in [2.05, 4.69) is 0 Å². The Morgan fingerprint density at radius 1 is 1.05 bits per heavy atom. The van der Waals surface area contributed by atoms with Crippen molar-refractivity contribution in [1.82, 2.24) is 5.06 Å². The Morgan fingerprint density at radius 2 is 1.64 bits per heavy atom. The van der Waals surface area contributed by atoms with Crippen LogP contribution in [0.2, 0.25) is 0 Å². The van der Waals surface area contributed by atoms with Crippen molar-refractivity contribution >= 4 is 5.91 Å². The summed E-state index contributed by atoms with van der Waals surface area (Å²) in [7, 11) is 1.34. The van der Waals surface area contributed by atoms with Gasteiger partial charge < -0.3 is 0 Å². The van der Waals surface area contributed by atoms with Gasteiger partial charge in [0.05, 0.1) is 19.2 Å². The van der Waals surface area contributed by atoms with E-state index in [4.69, 9.17) is 4.84 Å². The predicted molar refractivity (Wildman–Crippen MR) is 74.8 cm³/mol. The molecule has 116 valence electrons. The maximum absolute atomic E-state index is 12.5. The molecule has 0 radical (unpaired) electrons. The fraction of sp³-hybridized carbons (Fsp3) is 0.188. The molecule has 0 atom stereocenters. The number of nitrogens with zero attached hydrogens (tertiary/aromatic N) is 1. The predicted octanol–water partition coefficient (Wildman–Crippen LogP) is 3.91. The molecule has 0 N–H and O–H groups in total. The topological polar surface area (TPSA) is 29.5 Å². The number of carbonyl (C=O) groups is 1. The maximum Gasteiger partial charge on any atom is 0.416 e. The van der Waals surface area contributed by atoms with E-state index >= 15 is 0 Å². The average molecular weight is 309 g/mol. The number of alkyl halides is 3. The minimum absolute atomic E-state index is 0.0579. The van der Waals surface area contributed by atoms with Crippen LogP contribution in [0.4, 0.5) is 13.2 Å². The molecular weight excluding hydrogens is 295 g/mol. The largest absolute Gasteiger partial charge is 0.416 e. The zero-order valence-corrected chi connectivity index (χ0v) is 11.8. The van der Waals surface area contributed by atoms with Gasteiger partial charge in [0.1, 0.15) is 0 Å². The normalized spacial score (nSPS) is 11.3. The molecule has 22 heavy (non-hydrogen) atoms. The molecule has 1 amide bonds. The summed E-state index contributed by atoms with van der Waals surface area (Å²) in [6.07, 6.45) is -4.38. The first-order valence-electron chi connectivity index (χ1n) is 6.49. The van der Waals surface area contributed by atoms with Crippen LogP contribution in [0.3, 0.4) is 0 Å². The lowest BCUT2D eigenvalue weighted by molar-refractivity contribution is -0.137.